The fourth-order valence-corrected chi connectivity index (χ4v) is 2.21. The van der Waals surface area contributed by atoms with Crippen LogP contribution in [-0.2, 0) is 4.74 Å². The second kappa shape index (κ2) is 4.83. The molecule has 2 rings (SSSR count). The smallest absolute Gasteiger partial charge is 0.227 e. The number of aryl methyl sites for hydroxylation is 1. The molecule has 0 atom stereocenters. The van der Waals surface area contributed by atoms with Crippen LogP contribution in [0.3, 0.4) is 0 Å². The maximum Gasteiger partial charge on any atom is 0.227 e. The van der Waals surface area contributed by atoms with Gasteiger partial charge < -0.3 is 4.74 Å². The molecule has 0 bridgehead atoms. The van der Waals surface area contributed by atoms with Crippen molar-refractivity contribution in [3.05, 3.63) is 45.6 Å². The molecule has 1 aliphatic rings. The molecule has 0 aromatic heterocycles. The van der Waals surface area contributed by atoms with Crippen molar-refractivity contribution in [1.29, 1.82) is 0 Å². The number of hydrogen-bond acceptors (Lipinski definition) is 2. The number of carbonyl (C=O) groups excluding carboxylic acids is 1. The third-order valence-corrected chi connectivity index (χ3v) is 3.09. The van der Waals surface area contributed by atoms with E-state index in [-0.39, 0.29) is 5.78 Å². The maximum atomic E-state index is 12.1. The first kappa shape index (κ1) is 11.4. The number of hydrogen-bond donors (Lipinski definition) is 0. The van der Waals surface area contributed by atoms with Gasteiger partial charge in [-0.2, -0.15) is 0 Å². The summed E-state index contributed by atoms with van der Waals surface area (Å²) < 4.78 is 6.37. The van der Waals surface area contributed by atoms with Gasteiger partial charge in [0, 0.05) is 10.0 Å². The second-order valence-electron chi connectivity index (χ2n) is 3.85. The Morgan fingerprint density at radius 3 is 2.88 bits per heavy atom. The highest BCUT2D eigenvalue weighted by molar-refractivity contribution is 9.10. The Morgan fingerprint density at radius 2 is 2.25 bits per heavy atom. The summed E-state index contributed by atoms with van der Waals surface area (Å²) >= 11 is 3.38. The summed E-state index contributed by atoms with van der Waals surface area (Å²) in [6, 6.07) is 5.65. The van der Waals surface area contributed by atoms with Crippen LogP contribution in [0.25, 0.3) is 0 Å². The van der Waals surface area contributed by atoms with Crippen LogP contribution in [-0.4, -0.2) is 12.4 Å². The summed E-state index contributed by atoms with van der Waals surface area (Å²) in [6.45, 7) is 2.58. The van der Waals surface area contributed by atoms with Crippen LogP contribution in [0.2, 0.25) is 0 Å². The molecule has 1 aromatic rings. The van der Waals surface area contributed by atoms with E-state index in [4.69, 9.17) is 4.74 Å². The first-order valence-electron chi connectivity index (χ1n) is 5.32. The molecule has 1 heterocycles. The molecule has 0 radical (unpaired) electrons. The molecule has 0 aliphatic carbocycles. The van der Waals surface area contributed by atoms with Crippen molar-refractivity contribution in [1.82, 2.24) is 0 Å². The van der Waals surface area contributed by atoms with Crippen molar-refractivity contribution in [3.63, 3.8) is 0 Å². The fraction of sp³-hybridized carbons (Fsp3) is 0.308. The monoisotopic (exact) mass is 280 g/mol. The molecule has 0 N–H and O–H groups in total. The van der Waals surface area contributed by atoms with Gasteiger partial charge in [0.15, 0.2) is 5.76 Å². The molecule has 84 valence electrons. The van der Waals surface area contributed by atoms with Crippen LogP contribution in [0.5, 0.6) is 0 Å². The molecule has 0 saturated heterocycles. The molecular weight excluding hydrogens is 268 g/mol. The van der Waals surface area contributed by atoms with Crippen LogP contribution in [0.1, 0.15) is 28.8 Å². The molecule has 0 unspecified atom stereocenters. The van der Waals surface area contributed by atoms with Gasteiger partial charge in [0.05, 0.1) is 6.61 Å². The Kier molecular flexibility index (Phi) is 3.44. The summed E-state index contributed by atoms with van der Waals surface area (Å²) in [5.74, 6) is 0.487. The standard InChI is InChI=1S/C13H13BrO2/c1-9-8-10(14)5-6-11(9)13(15)12-4-2-3-7-16-12/h4-6,8H,2-3,7H2,1H3. The van der Waals surface area contributed by atoms with E-state index in [0.29, 0.717) is 12.4 Å². The molecule has 1 aromatic carbocycles. The first-order valence-corrected chi connectivity index (χ1v) is 6.11. The molecule has 2 nitrogen and oxygen atoms in total. The van der Waals surface area contributed by atoms with Crippen molar-refractivity contribution in [2.75, 3.05) is 6.61 Å². The predicted octanol–water partition coefficient (Wildman–Crippen LogP) is 3.63. The Morgan fingerprint density at radius 1 is 1.44 bits per heavy atom. The highest BCUT2D eigenvalue weighted by Gasteiger charge is 2.17. The molecule has 3 heteroatoms. The van der Waals surface area contributed by atoms with E-state index >= 15 is 0 Å². The van der Waals surface area contributed by atoms with Gasteiger partial charge in [-0.05, 0) is 49.6 Å². The lowest BCUT2D eigenvalue weighted by atomic mass is 10.0. The number of allylic oxidation sites excluding steroid dienone is 2. The lowest BCUT2D eigenvalue weighted by molar-refractivity contribution is 0.0898. The van der Waals surface area contributed by atoms with E-state index in [0.717, 1.165) is 28.4 Å². The van der Waals surface area contributed by atoms with Gasteiger partial charge in [0.25, 0.3) is 0 Å². The SMILES string of the molecule is Cc1cc(Br)ccc1C(=O)C1=CCCCO1. The zero-order valence-corrected chi connectivity index (χ0v) is 10.7. The van der Waals surface area contributed by atoms with E-state index in [1.807, 2.05) is 31.2 Å². The van der Waals surface area contributed by atoms with Crippen molar-refractivity contribution in [2.24, 2.45) is 0 Å². The van der Waals surface area contributed by atoms with Crippen molar-refractivity contribution in [2.45, 2.75) is 19.8 Å². The van der Waals surface area contributed by atoms with E-state index in [9.17, 15) is 4.79 Å². The average molecular weight is 281 g/mol. The van der Waals surface area contributed by atoms with Crippen LogP contribution in [0.4, 0.5) is 0 Å². The Hall–Kier alpha value is -1.09. The summed E-state index contributed by atoms with van der Waals surface area (Å²) in [5, 5.41) is 0. The van der Waals surface area contributed by atoms with Gasteiger partial charge >= 0.3 is 0 Å². The largest absolute Gasteiger partial charge is 0.490 e. The van der Waals surface area contributed by atoms with E-state index < -0.39 is 0 Å². The number of Topliss-reactive ketones (excluding diaryl/α,β-unsaturated/α-hetero) is 1. The summed E-state index contributed by atoms with van der Waals surface area (Å²) in [7, 11) is 0. The van der Waals surface area contributed by atoms with Gasteiger partial charge in [-0.25, -0.2) is 0 Å². The minimum Gasteiger partial charge on any atom is -0.490 e. The fourth-order valence-electron chi connectivity index (χ4n) is 1.73. The number of halogens is 1. The molecular formula is C13H13BrO2. The zero-order chi connectivity index (χ0) is 11.5. The Bertz CT molecular complexity index is 449. The number of ketones is 1. The van der Waals surface area contributed by atoms with E-state index in [1.54, 1.807) is 0 Å². The summed E-state index contributed by atoms with van der Waals surface area (Å²) in [4.78, 5) is 12.1. The minimum atomic E-state index is -0.00954. The van der Waals surface area contributed by atoms with Crippen LogP contribution < -0.4 is 0 Å². The highest BCUT2D eigenvalue weighted by atomic mass is 79.9. The minimum absolute atomic E-state index is 0.00954. The van der Waals surface area contributed by atoms with Gasteiger partial charge in [-0.15, -0.1) is 0 Å². The third-order valence-electron chi connectivity index (χ3n) is 2.59. The van der Waals surface area contributed by atoms with Crippen molar-refractivity contribution < 1.29 is 9.53 Å². The van der Waals surface area contributed by atoms with Crippen LogP contribution in [0, 0.1) is 6.92 Å². The Balaban J connectivity index is 2.30. The average Bonchev–Trinajstić information content (AvgIpc) is 2.29. The van der Waals surface area contributed by atoms with Crippen molar-refractivity contribution in [3.8, 4) is 0 Å². The van der Waals surface area contributed by atoms with Gasteiger partial charge in [0.1, 0.15) is 0 Å². The topological polar surface area (TPSA) is 26.3 Å². The van der Waals surface area contributed by atoms with E-state index in [2.05, 4.69) is 15.9 Å². The van der Waals surface area contributed by atoms with Gasteiger partial charge in [-0.3, -0.25) is 4.79 Å². The number of carbonyl (C=O) groups is 1. The summed E-state index contributed by atoms with van der Waals surface area (Å²) in [5.41, 5.74) is 1.69. The van der Waals surface area contributed by atoms with Crippen LogP contribution >= 0.6 is 15.9 Å². The second-order valence-corrected chi connectivity index (χ2v) is 4.76. The molecule has 0 spiro atoms. The molecule has 0 fully saturated rings. The predicted molar refractivity (Wildman–Crippen MR) is 66.5 cm³/mol. The highest BCUT2D eigenvalue weighted by Crippen LogP contribution is 2.21. The summed E-state index contributed by atoms with van der Waals surface area (Å²) in [6.07, 6.45) is 3.81. The number of benzene rings is 1. The number of ether oxygens (including phenoxy) is 1. The maximum absolute atomic E-state index is 12.1. The Labute approximate surface area is 103 Å². The van der Waals surface area contributed by atoms with E-state index in [1.165, 1.54) is 0 Å². The molecule has 16 heavy (non-hydrogen) atoms. The molecule has 0 amide bonds. The quantitative estimate of drug-likeness (QED) is 0.774. The zero-order valence-electron chi connectivity index (χ0n) is 9.13. The molecule has 1 aliphatic heterocycles. The van der Waals surface area contributed by atoms with Gasteiger partial charge in [0.2, 0.25) is 5.78 Å². The molecule has 0 saturated carbocycles. The normalized spacial score (nSPS) is 15.2. The third kappa shape index (κ3) is 2.35. The van der Waals surface area contributed by atoms with Crippen molar-refractivity contribution >= 4 is 21.7 Å². The lowest BCUT2D eigenvalue weighted by Gasteiger charge is -2.14. The van der Waals surface area contributed by atoms with Gasteiger partial charge in [-0.1, -0.05) is 15.9 Å². The number of rotatable bonds is 2. The lowest BCUT2D eigenvalue weighted by Crippen LogP contribution is -2.12. The first-order chi connectivity index (χ1) is 7.68. The van der Waals surface area contributed by atoms with Crippen LogP contribution in [0.15, 0.2) is 34.5 Å².